The minimum atomic E-state index is -0.000826. The van der Waals surface area contributed by atoms with E-state index in [1.165, 1.54) is 9.75 Å². The molecule has 2 aliphatic rings. The Hall–Kier alpha value is -2.58. The minimum Gasteiger partial charge on any atom is -0.379 e. The summed E-state index contributed by atoms with van der Waals surface area (Å²) in [4.78, 5) is 26.8. The molecular formula is C22H25N5O2S. The van der Waals surface area contributed by atoms with Crippen molar-refractivity contribution in [2.24, 2.45) is 0 Å². The number of rotatable bonds is 5. The van der Waals surface area contributed by atoms with Crippen LogP contribution in [0.5, 0.6) is 0 Å². The normalized spacial score (nSPS) is 18.7. The molecule has 3 aromatic heterocycles. The first-order valence-electron chi connectivity index (χ1n) is 10.4. The SMILES string of the molecule is Cc1cc(-c2ccnc(-n3ncc(C(=O)N(C)[C@@H]4CCOC4)c3C3CC3)n2)c(C)s1. The number of nitrogens with zero attached hydrogens (tertiary/aromatic N) is 5. The summed E-state index contributed by atoms with van der Waals surface area (Å²) in [5, 5.41) is 4.56. The van der Waals surface area contributed by atoms with Gasteiger partial charge < -0.3 is 9.64 Å². The molecule has 0 unspecified atom stereocenters. The largest absolute Gasteiger partial charge is 0.379 e. The van der Waals surface area contributed by atoms with Gasteiger partial charge in [-0.2, -0.15) is 5.10 Å². The fourth-order valence-corrected chi connectivity index (χ4v) is 5.03. The van der Waals surface area contributed by atoms with E-state index in [0.29, 0.717) is 30.6 Å². The molecule has 1 aliphatic heterocycles. The zero-order valence-corrected chi connectivity index (χ0v) is 18.3. The van der Waals surface area contributed by atoms with Crippen LogP contribution >= 0.6 is 11.3 Å². The summed E-state index contributed by atoms with van der Waals surface area (Å²) in [6.07, 6.45) is 6.44. The second kappa shape index (κ2) is 7.59. The zero-order valence-electron chi connectivity index (χ0n) is 17.5. The summed E-state index contributed by atoms with van der Waals surface area (Å²) in [6, 6.07) is 4.21. The molecule has 0 spiro atoms. The van der Waals surface area contributed by atoms with Crippen LogP contribution < -0.4 is 0 Å². The first-order chi connectivity index (χ1) is 14.5. The molecule has 1 amide bonds. The zero-order chi connectivity index (χ0) is 20.8. The quantitative estimate of drug-likeness (QED) is 0.625. The third-order valence-electron chi connectivity index (χ3n) is 5.92. The van der Waals surface area contributed by atoms with E-state index >= 15 is 0 Å². The number of hydrogen-bond donors (Lipinski definition) is 0. The Bertz CT molecular complexity index is 1090. The van der Waals surface area contributed by atoms with Crippen LogP contribution in [0.4, 0.5) is 0 Å². The van der Waals surface area contributed by atoms with Crippen molar-refractivity contribution in [3.63, 3.8) is 0 Å². The van der Waals surface area contributed by atoms with Gasteiger partial charge in [-0.15, -0.1) is 11.3 Å². The summed E-state index contributed by atoms with van der Waals surface area (Å²) < 4.78 is 7.23. The van der Waals surface area contributed by atoms with Crippen molar-refractivity contribution in [2.75, 3.05) is 20.3 Å². The first-order valence-corrected chi connectivity index (χ1v) is 11.2. The number of carbonyl (C=O) groups is 1. The van der Waals surface area contributed by atoms with Gasteiger partial charge in [0.15, 0.2) is 0 Å². The Morgan fingerprint density at radius 3 is 2.80 bits per heavy atom. The number of aromatic nitrogens is 4. The molecule has 30 heavy (non-hydrogen) atoms. The van der Waals surface area contributed by atoms with Crippen LogP contribution in [0.2, 0.25) is 0 Å². The summed E-state index contributed by atoms with van der Waals surface area (Å²) in [5.74, 6) is 0.847. The lowest BCUT2D eigenvalue weighted by Gasteiger charge is -2.23. The second-order valence-electron chi connectivity index (χ2n) is 8.13. The number of ether oxygens (including phenoxy) is 1. The molecule has 7 nitrogen and oxygen atoms in total. The smallest absolute Gasteiger partial charge is 0.257 e. The average molecular weight is 424 g/mol. The van der Waals surface area contributed by atoms with Gasteiger partial charge in [0.1, 0.15) is 0 Å². The van der Waals surface area contributed by atoms with Crippen molar-refractivity contribution in [3.8, 4) is 17.2 Å². The fourth-order valence-electron chi connectivity index (χ4n) is 4.10. The molecular weight excluding hydrogens is 398 g/mol. The predicted octanol–water partition coefficient (Wildman–Crippen LogP) is 3.75. The maximum atomic E-state index is 13.2. The predicted molar refractivity (Wildman–Crippen MR) is 115 cm³/mol. The van der Waals surface area contributed by atoms with Gasteiger partial charge in [0.25, 0.3) is 11.9 Å². The van der Waals surface area contributed by atoms with E-state index in [9.17, 15) is 4.79 Å². The molecule has 0 bridgehead atoms. The standard InChI is InChI=1S/C22H25N5O2S/c1-13-10-17(14(2)30-13)19-6-8-23-22(25-19)27-20(15-4-5-15)18(11-24-27)21(28)26(3)16-7-9-29-12-16/h6,8,10-11,15-16H,4-5,7,9,12H2,1-3H3/t16-/m1/s1. The third kappa shape index (κ3) is 3.44. The number of hydrogen-bond acceptors (Lipinski definition) is 6. The molecule has 1 saturated heterocycles. The number of carbonyl (C=O) groups excluding carboxylic acids is 1. The van der Waals surface area contributed by atoms with Crippen molar-refractivity contribution >= 4 is 17.2 Å². The van der Waals surface area contributed by atoms with Crippen LogP contribution in [0, 0.1) is 13.8 Å². The Morgan fingerprint density at radius 2 is 2.13 bits per heavy atom. The minimum absolute atomic E-state index is 0.000826. The molecule has 1 saturated carbocycles. The maximum Gasteiger partial charge on any atom is 0.257 e. The van der Waals surface area contributed by atoms with E-state index in [2.05, 4.69) is 30.0 Å². The lowest BCUT2D eigenvalue weighted by molar-refractivity contribution is 0.0710. The lowest BCUT2D eigenvalue weighted by Crippen LogP contribution is -2.37. The van der Waals surface area contributed by atoms with Crippen LogP contribution in [-0.4, -0.2) is 56.9 Å². The lowest BCUT2D eigenvalue weighted by atomic mass is 10.1. The summed E-state index contributed by atoms with van der Waals surface area (Å²) in [5.41, 5.74) is 3.59. The highest BCUT2D eigenvalue weighted by Gasteiger charge is 2.36. The topological polar surface area (TPSA) is 73.1 Å². The Labute approximate surface area is 179 Å². The molecule has 156 valence electrons. The monoisotopic (exact) mass is 423 g/mol. The molecule has 1 atom stereocenters. The van der Waals surface area contributed by atoms with Crippen LogP contribution in [-0.2, 0) is 4.74 Å². The van der Waals surface area contributed by atoms with E-state index in [0.717, 1.165) is 36.2 Å². The van der Waals surface area contributed by atoms with Crippen molar-refractivity contribution < 1.29 is 9.53 Å². The van der Waals surface area contributed by atoms with E-state index in [-0.39, 0.29) is 11.9 Å². The van der Waals surface area contributed by atoms with E-state index in [1.807, 2.05) is 13.1 Å². The molecule has 5 rings (SSSR count). The molecule has 0 N–H and O–H groups in total. The van der Waals surface area contributed by atoms with Crippen molar-refractivity contribution in [1.82, 2.24) is 24.6 Å². The van der Waals surface area contributed by atoms with Gasteiger partial charge in [0, 0.05) is 41.1 Å². The summed E-state index contributed by atoms with van der Waals surface area (Å²) >= 11 is 1.76. The Balaban J connectivity index is 1.52. The maximum absolute atomic E-state index is 13.2. The molecule has 4 heterocycles. The van der Waals surface area contributed by atoms with Crippen LogP contribution in [0.25, 0.3) is 17.2 Å². The van der Waals surface area contributed by atoms with Crippen molar-refractivity contribution in [1.29, 1.82) is 0 Å². The number of amides is 1. The van der Waals surface area contributed by atoms with Crippen molar-refractivity contribution in [3.05, 3.63) is 45.5 Å². The molecule has 1 aliphatic carbocycles. The molecule has 3 aromatic rings. The fraction of sp³-hybridized carbons (Fsp3) is 0.455. The molecule has 8 heteroatoms. The highest BCUT2D eigenvalue weighted by Crippen LogP contribution is 2.42. The Kier molecular flexibility index (Phi) is 4.91. The highest BCUT2D eigenvalue weighted by molar-refractivity contribution is 7.12. The van der Waals surface area contributed by atoms with E-state index in [4.69, 9.17) is 9.72 Å². The number of aryl methyl sites for hydroxylation is 2. The first kappa shape index (κ1) is 19.4. The van der Waals surface area contributed by atoms with Gasteiger partial charge in [0.2, 0.25) is 0 Å². The summed E-state index contributed by atoms with van der Waals surface area (Å²) in [6.45, 7) is 5.52. The molecule has 0 aromatic carbocycles. The van der Waals surface area contributed by atoms with Gasteiger partial charge in [-0.25, -0.2) is 14.6 Å². The number of thiophene rings is 1. The highest BCUT2D eigenvalue weighted by atomic mass is 32.1. The van der Waals surface area contributed by atoms with Crippen LogP contribution in [0.3, 0.4) is 0 Å². The third-order valence-corrected chi connectivity index (χ3v) is 6.89. The Morgan fingerprint density at radius 1 is 1.30 bits per heavy atom. The van der Waals surface area contributed by atoms with E-state index < -0.39 is 0 Å². The van der Waals surface area contributed by atoms with Gasteiger partial charge >= 0.3 is 0 Å². The van der Waals surface area contributed by atoms with Crippen LogP contribution in [0.1, 0.15) is 51.0 Å². The van der Waals surface area contributed by atoms with Gasteiger partial charge in [-0.1, -0.05) is 0 Å². The molecule has 0 radical (unpaired) electrons. The second-order valence-corrected chi connectivity index (χ2v) is 9.59. The van der Waals surface area contributed by atoms with Crippen LogP contribution in [0.15, 0.2) is 24.5 Å². The van der Waals surface area contributed by atoms with E-state index in [1.54, 1.807) is 33.3 Å². The average Bonchev–Trinajstić information content (AvgIpc) is 3.15. The number of likely N-dealkylation sites (N-methyl/N-ethyl adjacent to an activating group) is 1. The molecule has 2 fully saturated rings. The van der Waals surface area contributed by atoms with Gasteiger partial charge in [0.05, 0.1) is 35.8 Å². The summed E-state index contributed by atoms with van der Waals surface area (Å²) in [7, 11) is 1.86. The van der Waals surface area contributed by atoms with Gasteiger partial charge in [-0.3, -0.25) is 4.79 Å². The van der Waals surface area contributed by atoms with Crippen molar-refractivity contribution in [2.45, 2.75) is 45.1 Å². The van der Waals surface area contributed by atoms with Gasteiger partial charge in [-0.05, 0) is 45.2 Å².